The molecule has 5 aromatic carbocycles. The van der Waals surface area contributed by atoms with Gasteiger partial charge in [-0.05, 0) is 92.7 Å². The van der Waals surface area contributed by atoms with Crippen molar-refractivity contribution in [1.29, 1.82) is 0 Å². The van der Waals surface area contributed by atoms with Crippen LogP contribution in [0.2, 0.25) is 10.0 Å². The predicted molar refractivity (Wildman–Crippen MR) is 174 cm³/mol. The number of carbonyl (C=O) groups excluding carboxylic acids is 2. The standard InChI is InChI=1S/C34H28Cl2N4O3/c1-18-5-11-28(20(3)13-18)37-33(42)22-7-9-25-23(15-22)16-26(34(43)38-29-12-6-19(2)14-21(29)4)32(41)31(25)40-39-30-17-24(35)8-10-27(30)36/h5-17,41H,1-4H3,(H,37,42)(H,38,43)/b40-39+. The molecule has 0 aliphatic rings. The molecule has 0 fully saturated rings. The average Bonchev–Trinajstić information content (AvgIpc) is 2.96. The lowest BCUT2D eigenvalue weighted by molar-refractivity contribution is 0.101. The van der Waals surface area contributed by atoms with Crippen molar-refractivity contribution < 1.29 is 14.7 Å². The highest BCUT2D eigenvalue weighted by Gasteiger charge is 2.21. The minimum Gasteiger partial charge on any atom is -0.505 e. The normalized spacial score (nSPS) is 11.2. The Morgan fingerprint density at radius 2 is 1.33 bits per heavy atom. The number of amides is 2. The molecule has 0 aromatic heterocycles. The molecule has 0 unspecified atom stereocenters. The molecule has 0 bridgehead atoms. The molecule has 5 rings (SSSR count). The van der Waals surface area contributed by atoms with Crippen LogP contribution in [0.1, 0.15) is 43.0 Å². The highest BCUT2D eigenvalue weighted by molar-refractivity contribution is 6.35. The molecule has 0 atom stereocenters. The highest BCUT2D eigenvalue weighted by Crippen LogP contribution is 2.41. The number of hydrogen-bond donors (Lipinski definition) is 3. The van der Waals surface area contributed by atoms with E-state index in [-0.39, 0.29) is 28.6 Å². The van der Waals surface area contributed by atoms with Gasteiger partial charge in [-0.3, -0.25) is 9.59 Å². The summed E-state index contributed by atoms with van der Waals surface area (Å²) < 4.78 is 0. The second kappa shape index (κ2) is 12.3. The minimum absolute atomic E-state index is 0.0365. The average molecular weight is 612 g/mol. The first kappa shape index (κ1) is 29.8. The summed E-state index contributed by atoms with van der Waals surface area (Å²) in [5.41, 5.74) is 5.91. The van der Waals surface area contributed by atoms with Crippen LogP contribution in [0.3, 0.4) is 0 Å². The lowest BCUT2D eigenvalue weighted by Crippen LogP contribution is -2.14. The van der Waals surface area contributed by atoms with Crippen molar-refractivity contribution in [2.45, 2.75) is 27.7 Å². The van der Waals surface area contributed by atoms with Crippen molar-refractivity contribution in [1.82, 2.24) is 0 Å². The summed E-state index contributed by atoms with van der Waals surface area (Å²) in [6.45, 7) is 7.76. The van der Waals surface area contributed by atoms with E-state index in [1.807, 2.05) is 58.0 Å². The molecular formula is C34H28Cl2N4O3. The van der Waals surface area contributed by atoms with Gasteiger partial charge in [0.1, 0.15) is 11.4 Å². The van der Waals surface area contributed by atoms with E-state index < -0.39 is 5.91 Å². The van der Waals surface area contributed by atoms with Crippen molar-refractivity contribution in [2.24, 2.45) is 10.2 Å². The first-order valence-electron chi connectivity index (χ1n) is 13.4. The number of rotatable bonds is 6. The van der Waals surface area contributed by atoms with Gasteiger partial charge in [0.05, 0.1) is 10.6 Å². The summed E-state index contributed by atoms with van der Waals surface area (Å²) >= 11 is 12.4. The number of anilines is 2. The number of hydrogen-bond acceptors (Lipinski definition) is 5. The number of benzene rings is 5. The third kappa shape index (κ3) is 6.53. The minimum atomic E-state index is -0.547. The lowest BCUT2D eigenvalue weighted by Gasteiger charge is -2.14. The molecule has 7 nitrogen and oxygen atoms in total. The number of fused-ring (bicyclic) bond motifs is 1. The van der Waals surface area contributed by atoms with E-state index >= 15 is 0 Å². The van der Waals surface area contributed by atoms with E-state index in [1.165, 1.54) is 6.07 Å². The Labute approximate surface area is 259 Å². The summed E-state index contributed by atoms with van der Waals surface area (Å²) in [5.74, 6) is -1.24. The third-order valence-corrected chi connectivity index (χ3v) is 7.57. The van der Waals surface area contributed by atoms with Crippen molar-refractivity contribution in [3.05, 3.63) is 122 Å². The maximum absolute atomic E-state index is 13.5. The molecule has 2 amide bonds. The molecule has 5 aromatic rings. The van der Waals surface area contributed by atoms with Gasteiger partial charge in [0, 0.05) is 27.3 Å². The van der Waals surface area contributed by atoms with Crippen LogP contribution < -0.4 is 10.6 Å². The van der Waals surface area contributed by atoms with Gasteiger partial charge in [0.25, 0.3) is 11.8 Å². The van der Waals surface area contributed by atoms with Gasteiger partial charge in [-0.1, -0.05) is 64.7 Å². The molecule has 43 heavy (non-hydrogen) atoms. The smallest absolute Gasteiger partial charge is 0.259 e. The van der Waals surface area contributed by atoms with E-state index in [0.717, 1.165) is 22.3 Å². The van der Waals surface area contributed by atoms with Crippen LogP contribution in [0.5, 0.6) is 5.75 Å². The first-order chi connectivity index (χ1) is 20.5. The zero-order valence-corrected chi connectivity index (χ0v) is 25.4. The fourth-order valence-electron chi connectivity index (χ4n) is 4.75. The van der Waals surface area contributed by atoms with Crippen molar-refractivity contribution in [3.63, 3.8) is 0 Å². The molecule has 0 radical (unpaired) electrons. The largest absolute Gasteiger partial charge is 0.505 e. The highest BCUT2D eigenvalue weighted by atomic mass is 35.5. The molecule has 0 heterocycles. The summed E-state index contributed by atoms with van der Waals surface area (Å²) in [6.07, 6.45) is 0. The molecule has 216 valence electrons. The number of phenolic OH excluding ortho intramolecular Hbond substituents is 1. The maximum Gasteiger partial charge on any atom is 0.259 e. The quantitative estimate of drug-likeness (QED) is 0.167. The van der Waals surface area contributed by atoms with Gasteiger partial charge < -0.3 is 15.7 Å². The Bertz CT molecular complexity index is 1950. The molecule has 0 spiro atoms. The van der Waals surface area contributed by atoms with E-state index in [4.69, 9.17) is 23.2 Å². The number of nitrogens with zero attached hydrogens (tertiary/aromatic N) is 2. The summed E-state index contributed by atoms with van der Waals surface area (Å²) in [7, 11) is 0. The predicted octanol–water partition coefficient (Wildman–Crippen LogP) is 10.0. The zero-order valence-electron chi connectivity index (χ0n) is 23.9. The monoisotopic (exact) mass is 610 g/mol. The maximum atomic E-state index is 13.5. The number of aromatic hydroxyl groups is 1. The van der Waals surface area contributed by atoms with Crippen LogP contribution in [-0.2, 0) is 0 Å². The molecule has 0 aliphatic carbocycles. The number of carbonyl (C=O) groups is 2. The summed E-state index contributed by atoms with van der Waals surface area (Å²) in [4.78, 5) is 26.7. The Morgan fingerprint density at radius 1 is 0.698 bits per heavy atom. The van der Waals surface area contributed by atoms with Gasteiger partial charge in [-0.15, -0.1) is 10.2 Å². The van der Waals surface area contributed by atoms with Gasteiger partial charge in [0.15, 0.2) is 5.75 Å². The van der Waals surface area contributed by atoms with E-state index in [1.54, 1.807) is 42.5 Å². The summed E-state index contributed by atoms with van der Waals surface area (Å²) in [6, 6.07) is 22.6. The first-order valence-corrected chi connectivity index (χ1v) is 14.2. The Kier molecular flexibility index (Phi) is 8.48. The van der Waals surface area contributed by atoms with Crippen LogP contribution in [-0.4, -0.2) is 16.9 Å². The van der Waals surface area contributed by atoms with Gasteiger partial charge in [-0.2, -0.15) is 0 Å². The van der Waals surface area contributed by atoms with Crippen LogP contribution in [0.25, 0.3) is 10.8 Å². The van der Waals surface area contributed by atoms with E-state index in [0.29, 0.717) is 37.8 Å². The van der Waals surface area contributed by atoms with E-state index in [9.17, 15) is 14.7 Å². The number of azo groups is 1. The zero-order chi connectivity index (χ0) is 30.8. The van der Waals surface area contributed by atoms with Crippen molar-refractivity contribution >= 4 is 68.5 Å². The molecule has 0 saturated heterocycles. The Morgan fingerprint density at radius 3 is 1.95 bits per heavy atom. The second-order valence-electron chi connectivity index (χ2n) is 10.4. The number of phenols is 1. The van der Waals surface area contributed by atoms with Crippen LogP contribution >= 0.6 is 23.2 Å². The van der Waals surface area contributed by atoms with Crippen LogP contribution in [0.15, 0.2) is 89.1 Å². The number of nitrogens with one attached hydrogen (secondary N) is 2. The molecule has 0 aliphatic heterocycles. The molecule has 3 N–H and O–H groups in total. The third-order valence-electron chi connectivity index (χ3n) is 7.02. The number of halogens is 2. The van der Waals surface area contributed by atoms with Gasteiger partial charge >= 0.3 is 0 Å². The molecule has 9 heteroatoms. The molecule has 0 saturated carbocycles. The Hall–Kier alpha value is -4.72. The fraction of sp³-hybridized carbons (Fsp3) is 0.118. The fourth-order valence-corrected chi connectivity index (χ4v) is 5.07. The summed E-state index contributed by atoms with van der Waals surface area (Å²) in [5, 5.41) is 27.4. The second-order valence-corrected chi connectivity index (χ2v) is 11.2. The van der Waals surface area contributed by atoms with Crippen LogP contribution in [0.4, 0.5) is 22.7 Å². The van der Waals surface area contributed by atoms with Gasteiger partial charge in [-0.25, -0.2) is 0 Å². The van der Waals surface area contributed by atoms with Crippen molar-refractivity contribution in [3.8, 4) is 5.75 Å². The number of aryl methyl sites for hydroxylation is 4. The van der Waals surface area contributed by atoms with Crippen molar-refractivity contribution in [2.75, 3.05) is 10.6 Å². The van der Waals surface area contributed by atoms with E-state index in [2.05, 4.69) is 20.9 Å². The lowest BCUT2D eigenvalue weighted by atomic mass is 10.00. The Balaban J connectivity index is 1.60. The molecular weight excluding hydrogens is 583 g/mol. The SMILES string of the molecule is Cc1ccc(NC(=O)c2ccc3c(/N=N/c4cc(Cl)ccc4Cl)c(O)c(C(=O)Nc4ccc(C)cc4C)cc3c2)c(C)c1. The van der Waals surface area contributed by atoms with Crippen LogP contribution in [0, 0.1) is 27.7 Å². The van der Waals surface area contributed by atoms with Gasteiger partial charge in [0.2, 0.25) is 0 Å². The topological polar surface area (TPSA) is 103 Å².